The van der Waals surface area contributed by atoms with Gasteiger partial charge in [0.15, 0.2) is 0 Å². The number of aryl methyl sites for hydroxylation is 1. The molecule has 0 amide bonds. The third kappa shape index (κ3) is 2.18. The Morgan fingerprint density at radius 2 is 1.85 bits per heavy atom. The molecule has 100 valence electrons. The standard InChI is InChI=1S/C17H13BrO2/c1-2-11-8-9-14-13(10-11)15(16(18)17(19)20-14)12-6-4-3-5-7-12/h3-10H,2H2,1H3. The largest absolute Gasteiger partial charge is 0.422 e. The van der Waals surface area contributed by atoms with Gasteiger partial charge in [-0.2, -0.15) is 0 Å². The fraction of sp³-hybridized carbons (Fsp3) is 0.118. The highest BCUT2D eigenvalue weighted by Crippen LogP contribution is 2.33. The van der Waals surface area contributed by atoms with Gasteiger partial charge >= 0.3 is 5.63 Å². The molecule has 0 saturated heterocycles. The van der Waals surface area contributed by atoms with E-state index in [1.54, 1.807) is 0 Å². The van der Waals surface area contributed by atoms with Crippen LogP contribution in [0.15, 0.2) is 62.2 Å². The summed E-state index contributed by atoms with van der Waals surface area (Å²) in [5.41, 5.74) is 3.39. The number of hydrogen-bond donors (Lipinski definition) is 0. The van der Waals surface area contributed by atoms with Crippen molar-refractivity contribution < 1.29 is 4.42 Å². The first kappa shape index (κ1) is 13.1. The molecule has 0 fully saturated rings. The summed E-state index contributed by atoms with van der Waals surface area (Å²) in [5.74, 6) is 0. The number of benzene rings is 2. The van der Waals surface area contributed by atoms with Crippen molar-refractivity contribution in [2.45, 2.75) is 13.3 Å². The van der Waals surface area contributed by atoms with Gasteiger partial charge in [-0.1, -0.05) is 43.3 Å². The quantitative estimate of drug-likeness (QED) is 0.633. The zero-order valence-electron chi connectivity index (χ0n) is 11.0. The van der Waals surface area contributed by atoms with Crippen LogP contribution in [-0.2, 0) is 6.42 Å². The SMILES string of the molecule is CCc1ccc2oc(=O)c(Br)c(-c3ccccc3)c2c1. The zero-order chi connectivity index (χ0) is 14.1. The van der Waals surface area contributed by atoms with Crippen LogP contribution in [0.1, 0.15) is 12.5 Å². The summed E-state index contributed by atoms with van der Waals surface area (Å²) >= 11 is 3.38. The number of rotatable bonds is 2. The van der Waals surface area contributed by atoms with Crippen LogP contribution in [0.3, 0.4) is 0 Å². The Bertz CT molecular complexity index is 820. The molecule has 0 atom stereocenters. The van der Waals surface area contributed by atoms with E-state index in [4.69, 9.17) is 4.42 Å². The molecule has 0 bridgehead atoms. The Hall–Kier alpha value is -1.87. The highest BCUT2D eigenvalue weighted by molar-refractivity contribution is 9.10. The van der Waals surface area contributed by atoms with Gasteiger partial charge in [0.05, 0.1) is 0 Å². The van der Waals surface area contributed by atoms with E-state index in [0.29, 0.717) is 10.1 Å². The van der Waals surface area contributed by atoms with Gasteiger partial charge in [-0.3, -0.25) is 0 Å². The second kappa shape index (κ2) is 5.25. The van der Waals surface area contributed by atoms with E-state index in [9.17, 15) is 4.79 Å². The van der Waals surface area contributed by atoms with E-state index in [0.717, 1.165) is 22.9 Å². The van der Waals surface area contributed by atoms with Gasteiger partial charge in [0.2, 0.25) is 0 Å². The summed E-state index contributed by atoms with van der Waals surface area (Å²) in [6, 6.07) is 15.8. The van der Waals surface area contributed by atoms with Gasteiger partial charge in [-0.15, -0.1) is 0 Å². The molecule has 0 saturated carbocycles. The molecule has 0 aliphatic carbocycles. The normalized spacial score (nSPS) is 10.9. The van der Waals surface area contributed by atoms with E-state index in [2.05, 4.69) is 28.9 Å². The van der Waals surface area contributed by atoms with Gasteiger partial charge in [-0.25, -0.2) is 4.79 Å². The summed E-state index contributed by atoms with van der Waals surface area (Å²) in [4.78, 5) is 12.0. The van der Waals surface area contributed by atoms with E-state index in [1.165, 1.54) is 5.56 Å². The molecule has 0 N–H and O–H groups in total. The van der Waals surface area contributed by atoms with Crippen molar-refractivity contribution in [2.24, 2.45) is 0 Å². The molecule has 2 nitrogen and oxygen atoms in total. The Labute approximate surface area is 125 Å². The Morgan fingerprint density at radius 3 is 2.55 bits per heavy atom. The zero-order valence-corrected chi connectivity index (χ0v) is 12.6. The summed E-state index contributed by atoms with van der Waals surface area (Å²) < 4.78 is 5.83. The topological polar surface area (TPSA) is 30.2 Å². The number of fused-ring (bicyclic) bond motifs is 1. The lowest BCUT2D eigenvalue weighted by molar-refractivity contribution is 0.557. The molecule has 2 aromatic carbocycles. The van der Waals surface area contributed by atoms with Crippen molar-refractivity contribution in [1.82, 2.24) is 0 Å². The Morgan fingerprint density at radius 1 is 1.10 bits per heavy atom. The lowest BCUT2D eigenvalue weighted by atomic mass is 10.00. The fourth-order valence-corrected chi connectivity index (χ4v) is 2.86. The molecular formula is C17H13BrO2. The van der Waals surface area contributed by atoms with Crippen molar-refractivity contribution in [3.63, 3.8) is 0 Å². The van der Waals surface area contributed by atoms with E-state index in [-0.39, 0.29) is 5.63 Å². The molecule has 0 aliphatic heterocycles. The van der Waals surface area contributed by atoms with Gasteiger partial charge in [0.25, 0.3) is 0 Å². The lowest BCUT2D eigenvalue weighted by Crippen LogP contribution is -2.02. The van der Waals surface area contributed by atoms with E-state index < -0.39 is 0 Å². The fourth-order valence-electron chi connectivity index (χ4n) is 2.33. The first-order chi connectivity index (χ1) is 9.70. The Balaban J connectivity index is 2.44. The minimum atomic E-state index is -0.347. The predicted molar refractivity (Wildman–Crippen MR) is 85.0 cm³/mol. The first-order valence-electron chi connectivity index (χ1n) is 6.51. The van der Waals surface area contributed by atoms with Crippen LogP contribution in [0.2, 0.25) is 0 Å². The van der Waals surface area contributed by atoms with E-state index in [1.807, 2.05) is 42.5 Å². The van der Waals surface area contributed by atoms with Crippen LogP contribution < -0.4 is 5.63 Å². The summed E-state index contributed by atoms with van der Waals surface area (Å²) in [7, 11) is 0. The summed E-state index contributed by atoms with van der Waals surface area (Å²) in [6.45, 7) is 2.11. The molecule has 3 heteroatoms. The lowest BCUT2D eigenvalue weighted by Gasteiger charge is -2.09. The average Bonchev–Trinajstić information content (AvgIpc) is 2.49. The van der Waals surface area contributed by atoms with Crippen molar-refractivity contribution in [3.05, 3.63) is 69.0 Å². The molecule has 0 aliphatic rings. The third-order valence-corrected chi connectivity index (χ3v) is 4.11. The number of halogens is 1. The smallest absolute Gasteiger partial charge is 0.351 e. The minimum Gasteiger partial charge on any atom is -0.422 e. The van der Waals surface area contributed by atoms with Gasteiger partial charge < -0.3 is 4.42 Å². The molecular weight excluding hydrogens is 316 g/mol. The first-order valence-corrected chi connectivity index (χ1v) is 7.30. The van der Waals surface area contributed by atoms with Crippen LogP contribution in [0.25, 0.3) is 22.1 Å². The number of hydrogen-bond acceptors (Lipinski definition) is 2. The summed E-state index contributed by atoms with van der Waals surface area (Å²) in [5, 5.41) is 0.960. The maximum atomic E-state index is 12.0. The van der Waals surface area contributed by atoms with Crippen molar-refractivity contribution in [1.29, 1.82) is 0 Å². The highest BCUT2D eigenvalue weighted by atomic mass is 79.9. The molecule has 1 aromatic heterocycles. The van der Waals surface area contributed by atoms with Crippen LogP contribution in [-0.4, -0.2) is 0 Å². The second-order valence-corrected chi connectivity index (χ2v) is 5.42. The average molecular weight is 329 g/mol. The molecule has 20 heavy (non-hydrogen) atoms. The van der Waals surface area contributed by atoms with Crippen molar-refractivity contribution in [2.75, 3.05) is 0 Å². The minimum absolute atomic E-state index is 0.347. The molecule has 1 heterocycles. The maximum Gasteiger partial charge on any atom is 0.351 e. The van der Waals surface area contributed by atoms with Gasteiger partial charge in [0.1, 0.15) is 10.1 Å². The molecule has 3 aromatic rings. The molecule has 3 rings (SSSR count). The third-order valence-electron chi connectivity index (χ3n) is 3.39. The molecule has 0 radical (unpaired) electrons. The van der Waals surface area contributed by atoms with Crippen molar-refractivity contribution >= 4 is 26.9 Å². The predicted octanol–water partition coefficient (Wildman–Crippen LogP) is 4.78. The van der Waals surface area contributed by atoms with Crippen LogP contribution in [0.4, 0.5) is 0 Å². The summed E-state index contributed by atoms with van der Waals surface area (Å²) in [6.07, 6.45) is 0.945. The monoisotopic (exact) mass is 328 g/mol. The van der Waals surface area contributed by atoms with E-state index >= 15 is 0 Å². The van der Waals surface area contributed by atoms with Gasteiger partial charge in [0, 0.05) is 10.9 Å². The van der Waals surface area contributed by atoms with Crippen molar-refractivity contribution in [3.8, 4) is 11.1 Å². The maximum absolute atomic E-state index is 12.0. The highest BCUT2D eigenvalue weighted by Gasteiger charge is 2.14. The second-order valence-electron chi connectivity index (χ2n) is 4.63. The molecule has 0 spiro atoms. The van der Waals surface area contributed by atoms with Crippen LogP contribution in [0, 0.1) is 0 Å². The van der Waals surface area contributed by atoms with Crippen LogP contribution >= 0.6 is 15.9 Å². The van der Waals surface area contributed by atoms with Gasteiger partial charge in [-0.05, 0) is 45.6 Å². The molecule has 0 unspecified atom stereocenters. The van der Waals surface area contributed by atoms with Crippen LogP contribution in [0.5, 0.6) is 0 Å². The Kier molecular flexibility index (Phi) is 3.45.